The standard InChI is InChI=1S/C42H35BrN4O6S2/c1-51-35-24-37(53-3)36(52-2)22-29(35)21-33(45-39(48)28-13-8-5-9-14-28)40(49)44-31-15-10-16-32(23-31)55-38(27-11-6-4-7-12-27)41(50)47-42-46-34(25-54-42)26-17-19-30(43)20-18-26/h4-25,38H,1-3H3,(H,44,49)(H,45,48)(H,46,47,50)/b33-21+. The van der Waals surface area contributed by atoms with Gasteiger partial charge >= 0.3 is 0 Å². The van der Waals surface area contributed by atoms with E-state index in [9.17, 15) is 14.4 Å². The van der Waals surface area contributed by atoms with Gasteiger partial charge in [-0.2, -0.15) is 0 Å². The Morgan fingerprint density at radius 3 is 2.13 bits per heavy atom. The number of anilines is 2. The van der Waals surface area contributed by atoms with Gasteiger partial charge in [0.15, 0.2) is 16.6 Å². The maximum Gasteiger partial charge on any atom is 0.272 e. The minimum Gasteiger partial charge on any atom is -0.496 e. The summed E-state index contributed by atoms with van der Waals surface area (Å²) in [6, 6.07) is 36.3. The number of benzene rings is 5. The smallest absolute Gasteiger partial charge is 0.272 e. The fourth-order valence-corrected chi connectivity index (χ4v) is 7.47. The van der Waals surface area contributed by atoms with E-state index in [1.807, 2.05) is 66.0 Å². The predicted molar refractivity (Wildman–Crippen MR) is 222 cm³/mol. The molecule has 1 unspecified atom stereocenters. The minimum absolute atomic E-state index is 0.0510. The van der Waals surface area contributed by atoms with Crippen LogP contribution < -0.4 is 30.2 Å². The first-order chi connectivity index (χ1) is 26.7. The molecule has 1 heterocycles. The molecule has 6 rings (SSSR count). The molecule has 13 heteroatoms. The molecule has 5 aromatic carbocycles. The van der Waals surface area contributed by atoms with Crippen molar-refractivity contribution in [1.82, 2.24) is 10.3 Å². The SMILES string of the molecule is COc1cc(OC)c(OC)cc1/C=C(/NC(=O)c1ccccc1)C(=O)Nc1cccc(SC(C(=O)Nc2nc(-c3ccc(Br)cc3)cs2)c2ccccc2)c1. The number of methoxy groups -OCH3 is 3. The summed E-state index contributed by atoms with van der Waals surface area (Å²) in [6.45, 7) is 0. The van der Waals surface area contributed by atoms with Crippen molar-refractivity contribution in [2.75, 3.05) is 32.0 Å². The number of amides is 3. The van der Waals surface area contributed by atoms with Crippen LogP contribution in [-0.4, -0.2) is 44.0 Å². The number of thioether (sulfide) groups is 1. The lowest BCUT2D eigenvalue weighted by molar-refractivity contribution is -0.116. The summed E-state index contributed by atoms with van der Waals surface area (Å²) in [5.74, 6) is -0.0874. The van der Waals surface area contributed by atoms with E-state index in [1.54, 1.807) is 60.7 Å². The van der Waals surface area contributed by atoms with Crippen LogP contribution in [0.15, 0.2) is 142 Å². The summed E-state index contributed by atoms with van der Waals surface area (Å²) in [5, 5.41) is 10.4. The zero-order valence-corrected chi connectivity index (χ0v) is 33.1. The van der Waals surface area contributed by atoms with Crippen LogP contribution in [-0.2, 0) is 9.59 Å². The number of thiazole rings is 1. The van der Waals surface area contributed by atoms with Gasteiger partial charge in [0.2, 0.25) is 5.91 Å². The maximum absolute atomic E-state index is 14.0. The summed E-state index contributed by atoms with van der Waals surface area (Å²) < 4.78 is 17.4. The number of carbonyl (C=O) groups excluding carboxylic acids is 3. The number of hydrogen-bond donors (Lipinski definition) is 3. The molecule has 1 atom stereocenters. The van der Waals surface area contributed by atoms with Gasteiger partial charge in [-0.3, -0.25) is 14.4 Å². The highest BCUT2D eigenvalue weighted by Crippen LogP contribution is 2.39. The molecule has 0 aliphatic heterocycles. The number of halogens is 1. The number of carbonyl (C=O) groups is 3. The van der Waals surface area contributed by atoms with Gasteiger partial charge in [0.05, 0.1) is 27.0 Å². The molecule has 0 bridgehead atoms. The fraction of sp³-hybridized carbons (Fsp3) is 0.0952. The molecule has 278 valence electrons. The third-order valence-electron chi connectivity index (χ3n) is 8.13. The fourth-order valence-electron chi connectivity index (χ4n) is 5.40. The number of ether oxygens (including phenoxy) is 3. The van der Waals surface area contributed by atoms with Crippen LogP contribution in [0, 0.1) is 0 Å². The van der Waals surface area contributed by atoms with Crippen LogP contribution in [0.3, 0.4) is 0 Å². The minimum atomic E-state index is -0.648. The first-order valence-electron chi connectivity index (χ1n) is 16.8. The van der Waals surface area contributed by atoms with Crippen molar-refractivity contribution in [2.45, 2.75) is 10.1 Å². The van der Waals surface area contributed by atoms with E-state index in [0.717, 1.165) is 26.2 Å². The van der Waals surface area contributed by atoms with Gasteiger partial charge < -0.3 is 30.2 Å². The first-order valence-corrected chi connectivity index (χ1v) is 19.3. The highest BCUT2D eigenvalue weighted by atomic mass is 79.9. The summed E-state index contributed by atoms with van der Waals surface area (Å²) in [4.78, 5) is 46.5. The molecule has 0 aliphatic carbocycles. The average molecular weight is 836 g/mol. The Bertz CT molecular complexity index is 2320. The van der Waals surface area contributed by atoms with Crippen molar-refractivity contribution in [2.24, 2.45) is 0 Å². The van der Waals surface area contributed by atoms with Crippen LogP contribution in [0.1, 0.15) is 26.7 Å². The highest BCUT2D eigenvalue weighted by molar-refractivity contribution is 9.10. The van der Waals surface area contributed by atoms with Crippen LogP contribution in [0.25, 0.3) is 17.3 Å². The van der Waals surface area contributed by atoms with E-state index >= 15 is 0 Å². The molecule has 3 amide bonds. The predicted octanol–water partition coefficient (Wildman–Crippen LogP) is 9.48. The van der Waals surface area contributed by atoms with E-state index in [0.29, 0.717) is 39.2 Å². The zero-order valence-electron chi connectivity index (χ0n) is 29.9. The van der Waals surface area contributed by atoms with E-state index < -0.39 is 17.1 Å². The zero-order chi connectivity index (χ0) is 38.7. The summed E-state index contributed by atoms with van der Waals surface area (Å²) in [5.41, 5.74) is 3.72. The van der Waals surface area contributed by atoms with E-state index in [2.05, 4.69) is 36.9 Å². The first kappa shape index (κ1) is 38.8. The highest BCUT2D eigenvalue weighted by Gasteiger charge is 2.24. The van der Waals surface area contributed by atoms with Gasteiger partial charge in [-0.15, -0.1) is 23.1 Å². The lowest BCUT2D eigenvalue weighted by atomic mass is 10.1. The average Bonchev–Trinajstić information content (AvgIpc) is 3.68. The third kappa shape index (κ3) is 10.0. The van der Waals surface area contributed by atoms with Gasteiger partial charge in [0.25, 0.3) is 11.8 Å². The molecule has 6 aromatic rings. The second-order valence-corrected chi connectivity index (χ2v) is 14.7. The molecular weight excluding hydrogens is 801 g/mol. The monoisotopic (exact) mass is 834 g/mol. The topological polar surface area (TPSA) is 128 Å². The molecule has 1 aromatic heterocycles. The molecule has 0 aliphatic rings. The second kappa shape index (κ2) is 18.4. The van der Waals surface area contributed by atoms with Crippen molar-refractivity contribution in [3.63, 3.8) is 0 Å². The Kier molecular flexibility index (Phi) is 13.0. The van der Waals surface area contributed by atoms with Gasteiger partial charge in [-0.1, -0.05) is 82.7 Å². The number of hydrogen-bond acceptors (Lipinski definition) is 9. The Morgan fingerprint density at radius 1 is 0.764 bits per heavy atom. The molecule has 3 N–H and O–H groups in total. The van der Waals surface area contributed by atoms with Crippen molar-refractivity contribution in [3.8, 4) is 28.5 Å². The third-order valence-corrected chi connectivity index (χ3v) is 10.7. The van der Waals surface area contributed by atoms with Crippen molar-refractivity contribution < 1.29 is 28.6 Å². The normalized spacial score (nSPS) is 11.6. The van der Waals surface area contributed by atoms with Crippen molar-refractivity contribution >= 4 is 73.6 Å². The van der Waals surface area contributed by atoms with E-state index in [-0.39, 0.29) is 11.6 Å². The largest absolute Gasteiger partial charge is 0.496 e. The van der Waals surface area contributed by atoms with Crippen molar-refractivity contribution in [3.05, 3.63) is 154 Å². The van der Waals surface area contributed by atoms with Crippen LogP contribution in [0.4, 0.5) is 10.8 Å². The Labute approximate surface area is 335 Å². The number of aromatic nitrogens is 1. The lowest BCUT2D eigenvalue weighted by Crippen LogP contribution is -2.30. The Morgan fingerprint density at radius 2 is 1.44 bits per heavy atom. The molecule has 55 heavy (non-hydrogen) atoms. The van der Waals surface area contributed by atoms with Crippen molar-refractivity contribution in [1.29, 1.82) is 0 Å². The molecule has 0 saturated carbocycles. The number of nitrogens with one attached hydrogen (secondary N) is 3. The summed E-state index contributed by atoms with van der Waals surface area (Å²) in [6.07, 6.45) is 1.51. The summed E-state index contributed by atoms with van der Waals surface area (Å²) >= 11 is 6.14. The van der Waals surface area contributed by atoms with Gasteiger partial charge in [-0.05, 0) is 60.2 Å². The molecule has 0 saturated heterocycles. The molecule has 0 fully saturated rings. The van der Waals surface area contributed by atoms with Gasteiger partial charge in [0.1, 0.15) is 16.7 Å². The molecule has 0 radical (unpaired) electrons. The summed E-state index contributed by atoms with van der Waals surface area (Å²) in [7, 11) is 4.50. The van der Waals surface area contributed by atoms with E-state index in [1.165, 1.54) is 50.5 Å². The quantitative estimate of drug-likeness (QED) is 0.0732. The van der Waals surface area contributed by atoms with E-state index in [4.69, 9.17) is 14.2 Å². The number of rotatable bonds is 14. The van der Waals surface area contributed by atoms with Crippen LogP contribution in [0.5, 0.6) is 17.2 Å². The molecule has 0 spiro atoms. The Balaban J connectivity index is 1.25. The maximum atomic E-state index is 14.0. The second-order valence-electron chi connectivity index (χ2n) is 11.8. The Hall–Kier alpha value is -5.89. The molecular formula is C42H35BrN4O6S2. The molecule has 10 nitrogen and oxygen atoms in total. The number of nitrogens with zero attached hydrogens (tertiary/aromatic N) is 1. The van der Waals surface area contributed by atoms with Gasteiger partial charge in [0, 0.05) is 43.2 Å². The van der Waals surface area contributed by atoms with Crippen LogP contribution in [0.2, 0.25) is 0 Å². The lowest BCUT2D eigenvalue weighted by Gasteiger charge is -2.17. The van der Waals surface area contributed by atoms with Crippen LogP contribution >= 0.6 is 39.0 Å². The van der Waals surface area contributed by atoms with Gasteiger partial charge in [-0.25, -0.2) is 4.98 Å².